The predicted octanol–water partition coefficient (Wildman–Crippen LogP) is 1.76. The fourth-order valence-corrected chi connectivity index (χ4v) is 2.67. The fraction of sp³-hybridized carbons (Fsp3) is 0.429. The molecule has 0 radical (unpaired) electrons. The summed E-state index contributed by atoms with van der Waals surface area (Å²) in [6.07, 6.45) is 2.64. The molecule has 4 nitrogen and oxygen atoms in total. The summed E-state index contributed by atoms with van der Waals surface area (Å²) in [6.45, 7) is 3.03. The number of hydrogen-bond donors (Lipinski definition) is 1. The summed E-state index contributed by atoms with van der Waals surface area (Å²) in [5.41, 5.74) is 0.644. The summed E-state index contributed by atoms with van der Waals surface area (Å²) < 4.78 is 0. The minimum atomic E-state index is -0.346. The van der Waals surface area contributed by atoms with Crippen LogP contribution in [0.3, 0.4) is 0 Å². The molecule has 0 spiro atoms. The SMILES string of the molecule is CCC1C(=O)NCCN1C(=O)c1ccc(SC)cc1. The van der Waals surface area contributed by atoms with Crippen LogP contribution in [0.15, 0.2) is 29.2 Å². The highest BCUT2D eigenvalue weighted by Crippen LogP contribution is 2.18. The molecule has 5 heteroatoms. The molecule has 0 bridgehead atoms. The normalized spacial score (nSPS) is 19.2. The Bertz CT molecular complexity index is 473. The fourth-order valence-electron chi connectivity index (χ4n) is 2.26. The summed E-state index contributed by atoms with van der Waals surface area (Å²) >= 11 is 1.64. The Kier molecular flexibility index (Phi) is 4.47. The molecule has 1 aliphatic heterocycles. The molecule has 0 aromatic heterocycles. The minimum Gasteiger partial charge on any atom is -0.353 e. The first-order chi connectivity index (χ1) is 9.17. The van der Waals surface area contributed by atoms with Crippen LogP contribution in [0.25, 0.3) is 0 Å². The number of benzene rings is 1. The van der Waals surface area contributed by atoms with Gasteiger partial charge in [-0.25, -0.2) is 0 Å². The van der Waals surface area contributed by atoms with Crippen LogP contribution in [-0.2, 0) is 4.79 Å². The second-order valence-electron chi connectivity index (χ2n) is 4.44. The molecule has 1 fully saturated rings. The van der Waals surface area contributed by atoms with Crippen LogP contribution in [0.5, 0.6) is 0 Å². The monoisotopic (exact) mass is 278 g/mol. The van der Waals surface area contributed by atoms with E-state index in [1.807, 2.05) is 37.4 Å². The molecule has 1 aromatic carbocycles. The standard InChI is InChI=1S/C14H18N2O2S/c1-3-12-13(17)15-8-9-16(12)14(18)10-4-6-11(19-2)7-5-10/h4-7,12H,3,8-9H2,1-2H3,(H,15,17). The van der Waals surface area contributed by atoms with E-state index in [9.17, 15) is 9.59 Å². The number of carbonyl (C=O) groups is 2. The van der Waals surface area contributed by atoms with Gasteiger partial charge in [-0.1, -0.05) is 6.92 Å². The van der Waals surface area contributed by atoms with Crippen LogP contribution in [0.4, 0.5) is 0 Å². The highest BCUT2D eigenvalue weighted by atomic mass is 32.2. The molecular formula is C14H18N2O2S. The Morgan fingerprint density at radius 1 is 1.42 bits per heavy atom. The summed E-state index contributed by atoms with van der Waals surface area (Å²) in [5.74, 6) is -0.114. The Labute approximate surface area is 117 Å². The summed E-state index contributed by atoms with van der Waals surface area (Å²) in [7, 11) is 0. The average Bonchev–Trinajstić information content (AvgIpc) is 2.46. The number of carbonyl (C=O) groups excluding carboxylic acids is 2. The molecule has 1 saturated heterocycles. The van der Waals surface area contributed by atoms with Gasteiger partial charge in [0.15, 0.2) is 0 Å². The summed E-state index contributed by atoms with van der Waals surface area (Å²) in [5, 5.41) is 2.80. The molecule has 0 saturated carbocycles. The second kappa shape index (κ2) is 6.10. The van der Waals surface area contributed by atoms with Crippen molar-refractivity contribution in [3.63, 3.8) is 0 Å². The lowest BCUT2D eigenvalue weighted by atomic mass is 10.1. The maximum absolute atomic E-state index is 12.5. The molecule has 1 N–H and O–H groups in total. The van der Waals surface area contributed by atoms with Crippen molar-refractivity contribution in [1.29, 1.82) is 0 Å². The Balaban J connectivity index is 2.19. The number of rotatable bonds is 3. The minimum absolute atomic E-state index is 0.0529. The van der Waals surface area contributed by atoms with Crippen molar-refractivity contribution in [2.24, 2.45) is 0 Å². The van der Waals surface area contributed by atoms with Crippen LogP contribution < -0.4 is 5.32 Å². The molecule has 0 aliphatic carbocycles. The van der Waals surface area contributed by atoms with Gasteiger partial charge >= 0.3 is 0 Å². The average molecular weight is 278 g/mol. The number of piperazine rings is 1. The van der Waals surface area contributed by atoms with Gasteiger partial charge in [0.2, 0.25) is 5.91 Å². The van der Waals surface area contributed by atoms with Crippen LogP contribution in [0, 0.1) is 0 Å². The first kappa shape index (κ1) is 13.9. The van der Waals surface area contributed by atoms with Gasteiger partial charge < -0.3 is 10.2 Å². The summed E-state index contributed by atoms with van der Waals surface area (Å²) in [6, 6.07) is 7.17. The van der Waals surface area contributed by atoms with Gasteiger partial charge in [-0.3, -0.25) is 9.59 Å². The molecule has 1 aromatic rings. The van der Waals surface area contributed by atoms with Crippen molar-refractivity contribution in [2.45, 2.75) is 24.3 Å². The molecule has 1 aliphatic rings. The molecule has 19 heavy (non-hydrogen) atoms. The number of nitrogens with one attached hydrogen (secondary N) is 1. The van der Waals surface area contributed by atoms with Gasteiger partial charge in [0.05, 0.1) is 0 Å². The number of amides is 2. The smallest absolute Gasteiger partial charge is 0.254 e. The van der Waals surface area contributed by atoms with Crippen LogP contribution >= 0.6 is 11.8 Å². The van der Waals surface area contributed by atoms with Crippen molar-refractivity contribution in [3.05, 3.63) is 29.8 Å². The van der Waals surface area contributed by atoms with Crippen molar-refractivity contribution < 1.29 is 9.59 Å². The second-order valence-corrected chi connectivity index (χ2v) is 5.32. The Morgan fingerprint density at radius 3 is 2.68 bits per heavy atom. The topological polar surface area (TPSA) is 49.4 Å². The van der Waals surface area contributed by atoms with E-state index < -0.39 is 0 Å². The zero-order valence-corrected chi connectivity index (χ0v) is 12.0. The highest BCUT2D eigenvalue weighted by molar-refractivity contribution is 7.98. The summed E-state index contributed by atoms with van der Waals surface area (Å²) in [4.78, 5) is 27.0. The maximum atomic E-state index is 12.5. The van der Waals surface area contributed by atoms with E-state index in [0.717, 1.165) is 4.90 Å². The number of hydrogen-bond acceptors (Lipinski definition) is 3. The van der Waals surface area contributed by atoms with Crippen molar-refractivity contribution in [1.82, 2.24) is 10.2 Å². The molecule has 102 valence electrons. The van der Waals surface area contributed by atoms with E-state index in [1.165, 1.54) is 0 Å². The Morgan fingerprint density at radius 2 is 2.11 bits per heavy atom. The molecule has 1 atom stereocenters. The Hall–Kier alpha value is -1.49. The van der Waals surface area contributed by atoms with E-state index in [4.69, 9.17) is 0 Å². The van der Waals surface area contributed by atoms with E-state index in [1.54, 1.807) is 16.7 Å². The number of thioether (sulfide) groups is 1. The molecular weight excluding hydrogens is 260 g/mol. The highest BCUT2D eigenvalue weighted by Gasteiger charge is 2.31. The lowest BCUT2D eigenvalue weighted by Gasteiger charge is -2.34. The van der Waals surface area contributed by atoms with E-state index in [0.29, 0.717) is 25.1 Å². The number of nitrogens with zero attached hydrogens (tertiary/aromatic N) is 1. The molecule has 1 heterocycles. The largest absolute Gasteiger partial charge is 0.353 e. The van der Waals surface area contributed by atoms with Crippen molar-refractivity contribution in [2.75, 3.05) is 19.3 Å². The van der Waals surface area contributed by atoms with Crippen molar-refractivity contribution in [3.8, 4) is 0 Å². The van der Waals surface area contributed by atoms with Gasteiger partial charge in [-0.15, -0.1) is 11.8 Å². The van der Waals surface area contributed by atoms with Crippen LogP contribution in [-0.4, -0.2) is 42.1 Å². The third-order valence-corrected chi connectivity index (χ3v) is 4.06. The lowest BCUT2D eigenvalue weighted by Crippen LogP contribution is -2.56. The van der Waals surface area contributed by atoms with Gasteiger partial charge in [-0.2, -0.15) is 0 Å². The van der Waals surface area contributed by atoms with Crippen LogP contribution in [0.2, 0.25) is 0 Å². The third kappa shape index (κ3) is 2.92. The zero-order chi connectivity index (χ0) is 13.8. The van der Waals surface area contributed by atoms with E-state index in [-0.39, 0.29) is 17.9 Å². The van der Waals surface area contributed by atoms with E-state index >= 15 is 0 Å². The molecule has 1 unspecified atom stereocenters. The zero-order valence-electron chi connectivity index (χ0n) is 11.2. The first-order valence-corrected chi connectivity index (χ1v) is 7.62. The molecule has 2 amide bonds. The van der Waals surface area contributed by atoms with Crippen molar-refractivity contribution >= 4 is 23.6 Å². The van der Waals surface area contributed by atoms with Crippen LogP contribution in [0.1, 0.15) is 23.7 Å². The van der Waals surface area contributed by atoms with Gasteiger partial charge in [0.1, 0.15) is 6.04 Å². The quantitative estimate of drug-likeness (QED) is 0.857. The van der Waals surface area contributed by atoms with E-state index in [2.05, 4.69) is 5.32 Å². The lowest BCUT2D eigenvalue weighted by molar-refractivity contribution is -0.127. The third-order valence-electron chi connectivity index (χ3n) is 3.32. The molecule has 2 rings (SSSR count). The van der Waals surface area contributed by atoms with Gasteiger partial charge in [0.25, 0.3) is 5.91 Å². The van der Waals surface area contributed by atoms with Gasteiger partial charge in [-0.05, 0) is 36.9 Å². The first-order valence-electron chi connectivity index (χ1n) is 6.40. The predicted molar refractivity (Wildman–Crippen MR) is 76.3 cm³/mol. The maximum Gasteiger partial charge on any atom is 0.254 e. The van der Waals surface area contributed by atoms with Gasteiger partial charge in [0, 0.05) is 23.5 Å².